The van der Waals surface area contributed by atoms with Gasteiger partial charge in [0.05, 0.1) is 0 Å². The molecular formula is C12H23NOS2. The van der Waals surface area contributed by atoms with E-state index in [1.54, 1.807) is 0 Å². The molecule has 0 radical (unpaired) electrons. The maximum absolute atomic E-state index is 11.5. The van der Waals surface area contributed by atoms with Gasteiger partial charge in [0.1, 0.15) is 0 Å². The Morgan fingerprint density at radius 2 is 2.12 bits per heavy atom. The first-order valence-corrected chi connectivity index (χ1v) is 8.61. The Labute approximate surface area is 107 Å². The summed E-state index contributed by atoms with van der Waals surface area (Å²) in [6, 6.07) is 0. The van der Waals surface area contributed by atoms with Gasteiger partial charge in [-0.05, 0) is 32.1 Å². The third kappa shape index (κ3) is 3.59. The van der Waals surface area contributed by atoms with Gasteiger partial charge in [0.15, 0.2) is 0 Å². The second-order valence-electron chi connectivity index (χ2n) is 4.57. The lowest BCUT2D eigenvalue weighted by atomic mass is 9.77. The first-order chi connectivity index (χ1) is 7.64. The number of amides is 1. The van der Waals surface area contributed by atoms with Crippen LogP contribution in [0.1, 0.15) is 52.4 Å². The van der Waals surface area contributed by atoms with Crippen LogP contribution in [-0.2, 0) is 4.79 Å². The standard InChI is InChI=1S/C12H23NOS2/c1-3-12(4-2,11(13)14)8-5-6-10-7-9-15-16-10/h10H,3-9H2,1-2H3,(H2,13,14). The zero-order valence-corrected chi connectivity index (χ0v) is 12.0. The van der Waals surface area contributed by atoms with Crippen molar-refractivity contribution in [3.63, 3.8) is 0 Å². The summed E-state index contributed by atoms with van der Waals surface area (Å²) in [5.41, 5.74) is 5.30. The van der Waals surface area contributed by atoms with Crippen LogP contribution in [0.2, 0.25) is 0 Å². The van der Waals surface area contributed by atoms with E-state index in [1.807, 2.05) is 21.6 Å². The Hall–Kier alpha value is 0.170. The van der Waals surface area contributed by atoms with Gasteiger partial charge >= 0.3 is 0 Å². The van der Waals surface area contributed by atoms with E-state index in [4.69, 9.17) is 5.73 Å². The van der Waals surface area contributed by atoms with Gasteiger partial charge in [-0.3, -0.25) is 4.79 Å². The zero-order chi connectivity index (χ0) is 12.0. The fraction of sp³-hybridized carbons (Fsp3) is 0.917. The van der Waals surface area contributed by atoms with Crippen LogP contribution < -0.4 is 5.73 Å². The minimum Gasteiger partial charge on any atom is -0.369 e. The molecule has 1 unspecified atom stereocenters. The van der Waals surface area contributed by atoms with Crippen molar-refractivity contribution in [2.24, 2.45) is 11.1 Å². The monoisotopic (exact) mass is 261 g/mol. The van der Waals surface area contributed by atoms with E-state index in [0.717, 1.165) is 30.9 Å². The molecule has 0 saturated carbocycles. The molecule has 2 N–H and O–H groups in total. The quantitative estimate of drug-likeness (QED) is 0.712. The third-order valence-electron chi connectivity index (χ3n) is 3.78. The molecule has 0 aromatic heterocycles. The van der Waals surface area contributed by atoms with Crippen LogP contribution in [0.25, 0.3) is 0 Å². The highest BCUT2D eigenvalue weighted by Gasteiger charge is 2.32. The average molecular weight is 261 g/mol. The molecule has 1 saturated heterocycles. The van der Waals surface area contributed by atoms with Crippen LogP contribution in [0.3, 0.4) is 0 Å². The Bertz CT molecular complexity index is 223. The largest absolute Gasteiger partial charge is 0.369 e. The van der Waals surface area contributed by atoms with Crippen molar-refractivity contribution in [3.05, 3.63) is 0 Å². The Morgan fingerprint density at radius 3 is 2.56 bits per heavy atom. The Morgan fingerprint density at radius 1 is 1.44 bits per heavy atom. The van der Waals surface area contributed by atoms with Gasteiger partial charge in [0.2, 0.25) is 5.91 Å². The van der Waals surface area contributed by atoms with Crippen LogP contribution in [0.15, 0.2) is 0 Å². The van der Waals surface area contributed by atoms with Gasteiger partial charge in [0, 0.05) is 16.4 Å². The number of rotatable bonds is 7. The summed E-state index contributed by atoms with van der Waals surface area (Å²) in [6.07, 6.45) is 6.44. The molecule has 0 bridgehead atoms. The first kappa shape index (κ1) is 14.2. The molecule has 4 heteroatoms. The van der Waals surface area contributed by atoms with Gasteiger partial charge in [0.25, 0.3) is 0 Å². The number of nitrogens with two attached hydrogens (primary N) is 1. The number of primary amides is 1. The molecule has 1 amide bonds. The molecule has 0 aromatic carbocycles. The molecule has 0 aliphatic carbocycles. The molecule has 1 aliphatic heterocycles. The van der Waals surface area contributed by atoms with Crippen molar-refractivity contribution in [2.75, 3.05) is 5.75 Å². The van der Waals surface area contributed by atoms with E-state index in [2.05, 4.69) is 13.8 Å². The van der Waals surface area contributed by atoms with Crippen molar-refractivity contribution in [3.8, 4) is 0 Å². The maximum Gasteiger partial charge on any atom is 0.223 e. The summed E-state index contributed by atoms with van der Waals surface area (Å²) in [4.78, 5) is 11.5. The topological polar surface area (TPSA) is 43.1 Å². The lowest BCUT2D eigenvalue weighted by Crippen LogP contribution is -2.36. The van der Waals surface area contributed by atoms with Crippen molar-refractivity contribution in [1.29, 1.82) is 0 Å². The van der Waals surface area contributed by atoms with Crippen LogP contribution in [0.4, 0.5) is 0 Å². The molecule has 2 nitrogen and oxygen atoms in total. The van der Waals surface area contributed by atoms with Crippen LogP contribution in [-0.4, -0.2) is 16.9 Å². The Balaban J connectivity index is 2.34. The van der Waals surface area contributed by atoms with Gasteiger partial charge in [-0.2, -0.15) is 0 Å². The second kappa shape index (κ2) is 6.80. The van der Waals surface area contributed by atoms with E-state index in [0.29, 0.717) is 0 Å². The van der Waals surface area contributed by atoms with E-state index in [1.165, 1.54) is 18.6 Å². The number of carbonyl (C=O) groups excluding carboxylic acids is 1. The van der Waals surface area contributed by atoms with Gasteiger partial charge < -0.3 is 5.73 Å². The van der Waals surface area contributed by atoms with Crippen LogP contribution in [0, 0.1) is 5.41 Å². The highest BCUT2D eigenvalue weighted by molar-refractivity contribution is 8.77. The summed E-state index contributed by atoms with van der Waals surface area (Å²) >= 11 is 0. The third-order valence-corrected chi connectivity index (χ3v) is 6.79. The van der Waals surface area contributed by atoms with Gasteiger partial charge in [-0.15, -0.1) is 0 Å². The Kier molecular flexibility index (Phi) is 6.05. The average Bonchev–Trinajstić information content (AvgIpc) is 2.77. The molecule has 1 aliphatic rings. The highest BCUT2D eigenvalue weighted by Crippen LogP contribution is 2.41. The molecule has 0 aromatic rings. The molecule has 1 fully saturated rings. The fourth-order valence-electron chi connectivity index (χ4n) is 2.31. The smallest absolute Gasteiger partial charge is 0.223 e. The van der Waals surface area contributed by atoms with Gasteiger partial charge in [-0.25, -0.2) is 0 Å². The summed E-state index contributed by atoms with van der Waals surface area (Å²) < 4.78 is 0. The lowest BCUT2D eigenvalue weighted by Gasteiger charge is -2.28. The fourth-order valence-corrected chi connectivity index (χ4v) is 5.34. The molecule has 94 valence electrons. The number of hydrogen-bond acceptors (Lipinski definition) is 3. The molecule has 0 spiro atoms. The predicted octanol–water partition coefficient (Wildman–Crippen LogP) is 3.60. The molecule has 1 heterocycles. The molecular weight excluding hydrogens is 238 g/mol. The minimum absolute atomic E-state index is 0.106. The molecule has 1 rings (SSSR count). The highest BCUT2D eigenvalue weighted by atomic mass is 33.1. The predicted molar refractivity (Wildman–Crippen MR) is 74.5 cm³/mol. The maximum atomic E-state index is 11.5. The van der Waals surface area contributed by atoms with Crippen molar-refractivity contribution < 1.29 is 4.79 Å². The summed E-state index contributed by atoms with van der Waals surface area (Å²) in [6.45, 7) is 4.16. The summed E-state index contributed by atoms with van der Waals surface area (Å²) in [7, 11) is 4.00. The van der Waals surface area contributed by atoms with E-state index in [9.17, 15) is 4.79 Å². The van der Waals surface area contributed by atoms with Crippen LogP contribution in [0.5, 0.6) is 0 Å². The van der Waals surface area contributed by atoms with Gasteiger partial charge in [-0.1, -0.05) is 41.9 Å². The van der Waals surface area contributed by atoms with Crippen LogP contribution >= 0.6 is 21.6 Å². The molecule has 1 atom stereocenters. The summed E-state index contributed by atoms with van der Waals surface area (Å²) in [5, 5.41) is 0.810. The van der Waals surface area contributed by atoms with E-state index in [-0.39, 0.29) is 11.3 Å². The SMILES string of the molecule is CCC(CC)(CCCC1CCSS1)C(N)=O. The first-order valence-electron chi connectivity index (χ1n) is 6.23. The normalized spacial score (nSPS) is 21.2. The second-order valence-corrected chi connectivity index (χ2v) is 7.36. The molecule has 16 heavy (non-hydrogen) atoms. The minimum atomic E-state index is -0.240. The van der Waals surface area contributed by atoms with E-state index >= 15 is 0 Å². The zero-order valence-electron chi connectivity index (χ0n) is 10.3. The summed E-state index contributed by atoms with van der Waals surface area (Å²) in [5.74, 6) is 1.18. The van der Waals surface area contributed by atoms with Crippen molar-refractivity contribution in [2.45, 2.75) is 57.6 Å². The van der Waals surface area contributed by atoms with Crippen molar-refractivity contribution in [1.82, 2.24) is 0 Å². The van der Waals surface area contributed by atoms with Crippen molar-refractivity contribution >= 4 is 27.5 Å². The lowest BCUT2D eigenvalue weighted by molar-refractivity contribution is -0.128. The van der Waals surface area contributed by atoms with E-state index < -0.39 is 0 Å². The number of hydrogen-bond donors (Lipinski definition) is 1. The number of carbonyl (C=O) groups is 1.